The Balaban J connectivity index is 1.97. The molecule has 25 heavy (non-hydrogen) atoms. The number of hydrazone groups is 1. The highest BCUT2D eigenvalue weighted by atomic mass is 79.9. The number of aromatic nitrogens is 1. The van der Waals surface area contributed by atoms with E-state index in [0.29, 0.717) is 23.0 Å². The number of carbonyl (C=O) groups is 1. The Bertz CT molecular complexity index is 778. The lowest BCUT2D eigenvalue weighted by molar-refractivity contribution is -0.142. The molecule has 0 aliphatic heterocycles. The fraction of sp³-hybridized carbons (Fsp3) is 0.267. The van der Waals surface area contributed by atoms with E-state index in [1.54, 1.807) is 12.3 Å². The van der Waals surface area contributed by atoms with Crippen LogP contribution in [0, 0.1) is 0 Å². The predicted octanol–water partition coefficient (Wildman–Crippen LogP) is 4.48. The number of alkyl halides is 3. The van der Waals surface area contributed by atoms with Gasteiger partial charge in [0.15, 0.2) is 0 Å². The van der Waals surface area contributed by atoms with Gasteiger partial charge in [-0.05, 0) is 19.1 Å². The first-order valence-corrected chi connectivity index (χ1v) is 8.72. The third-order valence-corrected chi connectivity index (χ3v) is 4.36. The number of esters is 1. The Labute approximate surface area is 154 Å². The summed E-state index contributed by atoms with van der Waals surface area (Å²) < 4.78 is 42.9. The van der Waals surface area contributed by atoms with Gasteiger partial charge in [0.05, 0.1) is 30.5 Å². The van der Waals surface area contributed by atoms with Crippen LogP contribution in [-0.4, -0.2) is 23.8 Å². The van der Waals surface area contributed by atoms with Crippen LogP contribution in [0.15, 0.2) is 33.2 Å². The molecule has 0 bridgehead atoms. The molecule has 0 amide bonds. The van der Waals surface area contributed by atoms with Gasteiger partial charge in [-0.15, -0.1) is 11.3 Å². The van der Waals surface area contributed by atoms with Crippen molar-refractivity contribution in [2.24, 2.45) is 5.10 Å². The maximum absolute atomic E-state index is 12.6. The van der Waals surface area contributed by atoms with E-state index in [2.05, 4.69) is 31.4 Å². The SMILES string of the molecule is CCOC(=O)Cc1csc(NN=Cc2ccc(C(F)(F)F)cc2Br)n1. The summed E-state index contributed by atoms with van der Waals surface area (Å²) in [6.07, 6.45) is -2.95. The molecule has 134 valence electrons. The van der Waals surface area contributed by atoms with E-state index in [9.17, 15) is 18.0 Å². The smallest absolute Gasteiger partial charge is 0.416 e. The van der Waals surface area contributed by atoms with Gasteiger partial charge in [-0.3, -0.25) is 10.2 Å². The molecule has 2 aromatic rings. The fourth-order valence-electron chi connectivity index (χ4n) is 1.76. The third kappa shape index (κ3) is 5.82. The number of halogens is 4. The zero-order valence-electron chi connectivity index (χ0n) is 12.9. The van der Waals surface area contributed by atoms with Gasteiger partial charge in [0.1, 0.15) is 0 Å². The van der Waals surface area contributed by atoms with E-state index in [1.165, 1.54) is 23.6 Å². The van der Waals surface area contributed by atoms with Crippen molar-refractivity contribution in [2.75, 3.05) is 12.0 Å². The highest BCUT2D eigenvalue weighted by molar-refractivity contribution is 9.10. The fourth-order valence-corrected chi connectivity index (χ4v) is 2.90. The minimum Gasteiger partial charge on any atom is -0.466 e. The summed E-state index contributed by atoms with van der Waals surface area (Å²) in [7, 11) is 0. The molecular formula is C15H13BrF3N3O2S. The summed E-state index contributed by atoms with van der Waals surface area (Å²) in [5, 5.41) is 6.09. The number of nitrogens with one attached hydrogen (secondary N) is 1. The third-order valence-electron chi connectivity index (χ3n) is 2.87. The van der Waals surface area contributed by atoms with Gasteiger partial charge in [-0.2, -0.15) is 18.3 Å². The van der Waals surface area contributed by atoms with Gasteiger partial charge in [-0.25, -0.2) is 4.98 Å². The van der Waals surface area contributed by atoms with Gasteiger partial charge in [0, 0.05) is 15.4 Å². The molecule has 0 atom stereocenters. The summed E-state index contributed by atoms with van der Waals surface area (Å²) in [5.74, 6) is -0.364. The molecule has 1 N–H and O–H groups in total. The standard InChI is InChI=1S/C15H13BrF3N3O2S/c1-2-24-13(23)6-11-8-25-14(21-11)22-20-7-9-3-4-10(5-12(9)16)15(17,18)19/h3-5,7-8H,2,6H2,1H3,(H,21,22). The highest BCUT2D eigenvalue weighted by Crippen LogP contribution is 2.31. The Hall–Kier alpha value is -1.94. The first-order valence-electron chi connectivity index (χ1n) is 7.05. The monoisotopic (exact) mass is 435 g/mol. The number of rotatable bonds is 6. The summed E-state index contributed by atoms with van der Waals surface area (Å²) in [6, 6.07) is 3.28. The van der Waals surface area contributed by atoms with Crippen LogP contribution in [0.25, 0.3) is 0 Å². The van der Waals surface area contributed by atoms with Crippen molar-refractivity contribution in [1.82, 2.24) is 4.98 Å². The average Bonchev–Trinajstić information content (AvgIpc) is 2.95. The first kappa shape index (κ1) is 19.4. The largest absolute Gasteiger partial charge is 0.466 e. The van der Waals surface area contributed by atoms with Crippen molar-refractivity contribution in [3.05, 3.63) is 44.9 Å². The highest BCUT2D eigenvalue weighted by Gasteiger charge is 2.30. The van der Waals surface area contributed by atoms with Crippen LogP contribution < -0.4 is 5.43 Å². The topological polar surface area (TPSA) is 63.6 Å². The maximum Gasteiger partial charge on any atom is 0.416 e. The molecule has 10 heteroatoms. The minimum atomic E-state index is -4.40. The van der Waals surface area contributed by atoms with Crippen molar-refractivity contribution < 1.29 is 22.7 Å². The second-order valence-corrected chi connectivity index (χ2v) is 6.44. The predicted molar refractivity (Wildman–Crippen MR) is 92.8 cm³/mol. The molecule has 1 heterocycles. The molecule has 0 aliphatic carbocycles. The summed E-state index contributed by atoms with van der Waals surface area (Å²) in [5.41, 5.74) is 2.96. The minimum absolute atomic E-state index is 0.0696. The van der Waals surface area contributed by atoms with Gasteiger partial charge in [-0.1, -0.05) is 22.0 Å². The number of hydrogen-bond acceptors (Lipinski definition) is 6. The second-order valence-electron chi connectivity index (χ2n) is 4.73. The van der Waals surface area contributed by atoms with Crippen LogP contribution in [0.1, 0.15) is 23.7 Å². The quantitative estimate of drug-likeness (QED) is 0.412. The lowest BCUT2D eigenvalue weighted by Gasteiger charge is -2.07. The molecular weight excluding hydrogens is 423 g/mol. The van der Waals surface area contributed by atoms with Crippen molar-refractivity contribution in [3.63, 3.8) is 0 Å². The zero-order valence-corrected chi connectivity index (χ0v) is 15.3. The molecule has 2 rings (SSSR count). The van der Waals surface area contributed by atoms with Crippen molar-refractivity contribution in [2.45, 2.75) is 19.5 Å². The van der Waals surface area contributed by atoms with Crippen LogP contribution >= 0.6 is 27.3 Å². The molecule has 0 spiro atoms. The maximum atomic E-state index is 12.6. The molecule has 1 aromatic carbocycles. The number of carbonyl (C=O) groups excluding carboxylic acids is 1. The van der Waals surface area contributed by atoms with E-state index in [4.69, 9.17) is 4.74 Å². The summed E-state index contributed by atoms with van der Waals surface area (Å²) >= 11 is 4.34. The molecule has 0 radical (unpaired) electrons. The molecule has 0 fully saturated rings. The number of hydrogen-bond donors (Lipinski definition) is 1. The zero-order chi connectivity index (χ0) is 18.4. The lowest BCUT2D eigenvalue weighted by atomic mass is 10.1. The van der Waals surface area contributed by atoms with E-state index >= 15 is 0 Å². The van der Waals surface area contributed by atoms with Crippen molar-refractivity contribution >= 4 is 44.6 Å². The number of benzene rings is 1. The van der Waals surface area contributed by atoms with Crippen molar-refractivity contribution in [1.29, 1.82) is 0 Å². The molecule has 0 saturated heterocycles. The summed E-state index contributed by atoms with van der Waals surface area (Å²) in [4.78, 5) is 15.5. The normalized spacial score (nSPS) is 11.7. The van der Waals surface area contributed by atoms with Gasteiger partial charge < -0.3 is 4.74 Å². The molecule has 0 saturated carbocycles. The number of ether oxygens (including phenoxy) is 1. The van der Waals surface area contributed by atoms with Crippen LogP contribution in [0.3, 0.4) is 0 Å². The number of thiazole rings is 1. The summed E-state index contributed by atoms with van der Waals surface area (Å²) in [6.45, 7) is 2.03. The van der Waals surface area contributed by atoms with E-state index in [-0.39, 0.29) is 16.9 Å². The Morgan fingerprint density at radius 3 is 2.88 bits per heavy atom. The van der Waals surface area contributed by atoms with Crippen LogP contribution in [0.5, 0.6) is 0 Å². The van der Waals surface area contributed by atoms with Crippen molar-refractivity contribution in [3.8, 4) is 0 Å². The Morgan fingerprint density at radius 2 is 2.24 bits per heavy atom. The van der Waals surface area contributed by atoms with Crippen LogP contribution in [0.4, 0.5) is 18.3 Å². The molecule has 5 nitrogen and oxygen atoms in total. The van der Waals surface area contributed by atoms with E-state index in [0.717, 1.165) is 12.1 Å². The number of nitrogens with zero attached hydrogens (tertiary/aromatic N) is 2. The molecule has 0 unspecified atom stereocenters. The number of anilines is 1. The van der Waals surface area contributed by atoms with E-state index in [1.807, 2.05) is 0 Å². The van der Waals surface area contributed by atoms with Crippen LogP contribution in [-0.2, 0) is 22.1 Å². The average molecular weight is 436 g/mol. The van der Waals surface area contributed by atoms with Gasteiger partial charge in [0.2, 0.25) is 5.13 Å². The van der Waals surface area contributed by atoms with Gasteiger partial charge in [0.25, 0.3) is 0 Å². The van der Waals surface area contributed by atoms with Crippen LogP contribution in [0.2, 0.25) is 0 Å². The Morgan fingerprint density at radius 1 is 1.48 bits per heavy atom. The Kier molecular flexibility index (Phi) is 6.54. The van der Waals surface area contributed by atoms with Gasteiger partial charge >= 0.3 is 12.1 Å². The van der Waals surface area contributed by atoms with E-state index < -0.39 is 11.7 Å². The first-order chi connectivity index (χ1) is 11.8. The lowest BCUT2D eigenvalue weighted by Crippen LogP contribution is -2.07. The molecule has 1 aromatic heterocycles. The molecule has 0 aliphatic rings. The second kappa shape index (κ2) is 8.43.